The quantitative estimate of drug-likeness (QED) is 0.337. The highest BCUT2D eigenvalue weighted by Gasteiger charge is 2.40. The molecule has 0 radical (unpaired) electrons. The van der Waals surface area contributed by atoms with E-state index in [4.69, 9.17) is 16.3 Å². The molecule has 1 saturated carbocycles. The number of aromatic nitrogens is 2. The molecule has 3 N–H and O–H groups in total. The second kappa shape index (κ2) is 10.8. The van der Waals surface area contributed by atoms with Crippen LogP contribution < -0.4 is 25.6 Å². The van der Waals surface area contributed by atoms with Gasteiger partial charge in [-0.15, -0.1) is 0 Å². The van der Waals surface area contributed by atoms with Crippen molar-refractivity contribution in [2.75, 3.05) is 54.1 Å². The summed E-state index contributed by atoms with van der Waals surface area (Å²) >= 11 is 6.45. The third-order valence-electron chi connectivity index (χ3n) is 8.48. The minimum absolute atomic E-state index is 0.00241. The number of rotatable bonds is 8. The van der Waals surface area contributed by atoms with Gasteiger partial charge in [0.1, 0.15) is 10.8 Å². The van der Waals surface area contributed by atoms with Gasteiger partial charge in [0.15, 0.2) is 5.82 Å². The van der Waals surface area contributed by atoms with E-state index < -0.39 is 5.41 Å². The number of carbonyl (C=O) groups is 1. The molecule has 2 aliphatic heterocycles. The fourth-order valence-corrected chi connectivity index (χ4v) is 6.07. The summed E-state index contributed by atoms with van der Waals surface area (Å²) in [6.45, 7) is 8.59. The number of hydrogen-bond donors (Lipinski definition) is 3. The SMILES string of the molecule is COc1cc(N2CCN(C3CCC3)CC2)ccc1Nc1ncc(Cl)c(NCc2cccc3c2C(C)(C)C(=O)N3)n1. The van der Waals surface area contributed by atoms with Crippen LogP contribution in [0.2, 0.25) is 5.02 Å². The van der Waals surface area contributed by atoms with Gasteiger partial charge in [-0.3, -0.25) is 9.69 Å². The number of nitrogens with one attached hydrogen (secondary N) is 3. The first-order chi connectivity index (χ1) is 19.3. The summed E-state index contributed by atoms with van der Waals surface area (Å²) < 4.78 is 5.73. The van der Waals surface area contributed by atoms with E-state index in [0.29, 0.717) is 23.3 Å². The first-order valence-corrected chi connectivity index (χ1v) is 14.4. The van der Waals surface area contributed by atoms with Crippen molar-refractivity contribution in [2.24, 2.45) is 0 Å². The maximum Gasteiger partial charge on any atom is 0.234 e. The Balaban J connectivity index is 1.14. The molecule has 1 aliphatic carbocycles. The molecule has 40 heavy (non-hydrogen) atoms. The number of carbonyl (C=O) groups excluding carboxylic acids is 1. The van der Waals surface area contributed by atoms with Crippen LogP contribution in [0.3, 0.4) is 0 Å². The Kier molecular flexibility index (Phi) is 7.18. The topological polar surface area (TPSA) is 94.7 Å². The van der Waals surface area contributed by atoms with Crippen molar-refractivity contribution < 1.29 is 9.53 Å². The molecule has 1 saturated heterocycles. The molecule has 2 fully saturated rings. The third-order valence-corrected chi connectivity index (χ3v) is 8.76. The number of ether oxygens (including phenoxy) is 1. The Labute approximate surface area is 240 Å². The molecule has 9 nitrogen and oxygen atoms in total. The summed E-state index contributed by atoms with van der Waals surface area (Å²) in [5, 5.41) is 10.0. The van der Waals surface area contributed by atoms with Gasteiger partial charge in [0.2, 0.25) is 11.9 Å². The summed E-state index contributed by atoms with van der Waals surface area (Å²) in [5.74, 6) is 1.64. The van der Waals surface area contributed by atoms with Gasteiger partial charge in [0.05, 0.1) is 24.4 Å². The van der Waals surface area contributed by atoms with Crippen molar-refractivity contribution in [3.8, 4) is 5.75 Å². The third kappa shape index (κ3) is 5.04. The number of benzene rings is 2. The van der Waals surface area contributed by atoms with Crippen LogP contribution in [-0.2, 0) is 16.8 Å². The van der Waals surface area contributed by atoms with Gasteiger partial charge in [0, 0.05) is 56.2 Å². The molecule has 3 aromatic rings. The molecule has 0 spiro atoms. The van der Waals surface area contributed by atoms with Crippen LogP contribution in [0.1, 0.15) is 44.2 Å². The smallest absolute Gasteiger partial charge is 0.234 e. The lowest BCUT2D eigenvalue weighted by Crippen LogP contribution is -2.52. The lowest BCUT2D eigenvalue weighted by atomic mass is 9.83. The monoisotopic (exact) mass is 561 g/mol. The highest BCUT2D eigenvalue weighted by atomic mass is 35.5. The van der Waals surface area contributed by atoms with Crippen molar-refractivity contribution in [3.05, 3.63) is 58.7 Å². The molecular formula is C30H36ClN7O2. The van der Waals surface area contributed by atoms with Crippen molar-refractivity contribution in [2.45, 2.75) is 51.1 Å². The Bertz CT molecular complexity index is 1420. The maximum absolute atomic E-state index is 12.5. The van der Waals surface area contributed by atoms with Gasteiger partial charge in [-0.25, -0.2) is 4.98 Å². The summed E-state index contributed by atoms with van der Waals surface area (Å²) in [4.78, 5) is 26.6. The number of piperazine rings is 1. The van der Waals surface area contributed by atoms with Crippen molar-refractivity contribution in [3.63, 3.8) is 0 Å². The zero-order valence-corrected chi connectivity index (χ0v) is 24.0. The summed E-state index contributed by atoms with van der Waals surface area (Å²) in [7, 11) is 1.67. The van der Waals surface area contributed by atoms with Crippen LogP contribution in [0, 0.1) is 0 Å². The molecule has 6 rings (SSSR count). The second-order valence-electron chi connectivity index (χ2n) is 11.3. The first kappa shape index (κ1) is 26.7. The number of hydrogen-bond acceptors (Lipinski definition) is 8. The minimum atomic E-state index is -0.608. The highest BCUT2D eigenvalue weighted by Crippen LogP contribution is 2.40. The zero-order valence-electron chi connectivity index (χ0n) is 23.3. The molecule has 3 aliphatic rings. The van der Waals surface area contributed by atoms with Crippen LogP contribution in [0.15, 0.2) is 42.6 Å². The van der Waals surface area contributed by atoms with Crippen LogP contribution in [0.4, 0.5) is 28.8 Å². The average molecular weight is 562 g/mol. The van der Waals surface area contributed by atoms with Gasteiger partial charge in [0.25, 0.3) is 0 Å². The van der Waals surface area contributed by atoms with Crippen LogP contribution >= 0.6 is 11.6 Å². The predicted molar refractivity (Wildman–Crippen MR) is 160 cm³/mol. The summed E-state index contributed by atoms with van der Waals surface area (Å²) in [6, 6.07) is 12.9. The van der Waals surface area contributed by atoms with Crippen LogP contribution in [0.25, 0.3) is 0 Å². The lowest BCUT2D eigenvalue weighted by Gasteiger charge is -2.43. The van der Waals surface area contributed by atoms with E-state index in [-0.39, 0.29) is 5.91 Å². The highest BCUT2D eigenvalue weighted by molar-refractivity contribution is 6.32. The molecule has 0 unspecified atom stereocenters. The molecule has 1 amide bonds. The van der Waals surface area contributed by atoms with Crippen molar-refractivity contribution in [1.29, 1.82) is 0 Å². The Morgan fingerprint density at radius 1 is 1.15 bits per heavy atom. The largest absolute Gasteiger partial charge is 0.494 e. The number of fused-ring (bicyclic) bond motifs is 1. The van der Waals surface area contributed by atoms with Crippen molar-refractivity contribution in [1.82, 2.24) is 14.9 Å². The molecule has 0 bridgehead atoms. The second-order valence-corrected chi connectivity index (χ2v) is 11.7. The molecular weight excluding hydrogens is 526 g/mol. The zero-order chi connectivity index (χ0) is 27.9. The molecule has 0 atom stereocenters. The van der Waals surface area contributed by atoms with E-state index in [1.54, 1.807) is 13.3 Å². The molecule has 3 heterocycles. The molecule has 10 heteroatoms. The van der Waals surface area contributed by atoms with Crippen LogP contribution in [-0.4, -0.2) is 60.1 Å². The van der Waals surface area contributed by atoms with E-state index in [1.807, 2.05) is 38.1 Å². The molecule has 1 aromatic heterocycles. The number of methoxy groups -OCH3 is 1. The van der Waals surface area contributed by atoms with Gasteiger partial charge in [-0.1, -0.05) is 30.2 Å². The average Bonchev–Trinajstić information content (AvgIpc) is 3.16. The fraction of sp³-hybridized carbons (Fsp3) is 0.433. The van der Waals surface area contributed by atoms with E-state index in [2.05, 4.69) is 47.9 Å². The maximum atomic E-state index is 12.5. The molecule has 210 valence electrons. The van der Waals surface area contributed by atoms with Crippen molar-refractivity contribution >= 4 is 46.3 Å². The predicted octanol–water partition coefficient (Wildman–Crippen LogP) is 5.40. The van der Waals surface area contributed by atoms with Gasteiger partial charge in [-0.2, -0.15) is 4.98 Å². The van der Waals surface area contributed by atoms with E-state index in [1.165, 1.54) is 19.3 Å². The lowest BCUT2D eigenvalue weighted by molar-refractivity contribution is -0.119. The normalized spacial score (nSPS) is 18.6. The standard InChI is InChI=1S/C30H36ClN7O2/c1-30(2)26-19(6-4-9-24(26)34-28(30)39)17-32-27-22(31)18-33-29(36-27)35-23-11-10-21(16-25(23)40-3)38-14-12-37(13-15-38)20-7-5-8-20/h4,6,9-11,16,18,20H,5,7-8,12-15,17H2,1-3H3,(H,34,39)(H2,32,33,35,36). The Hall–Kier alpha value is -3.56. The summed E-state index contributed by atoms with van der Waals surface area (Å²) in [6.07, 6.45) is 5.65. The fourth-order valence-electron chi connectivity index (χ4n) is 5.91. The van der Waals surface area contributed by atoms with E-state index in [0.717, 1.165) is 66.2 Å². The van der Waals surface area contributed by atoms with E-state index >= 15 is 0 Å². The van der Waals surface area contributed by atoms with Gasteiger partial charge in [-0.05, 0) is 56.0 Å². The number of halogens is 1. The number of amides is 1. The van der Waals surface area contributed by atoms with Gasteiger partial charge < -0.3 is 25.6 Å². The van der Waals surface area contributed by atoms with Crippen LogP contribution in [0.5, 0.6) is 5.75 Å². The first-order valence-electron chi connectivity index (χ1n) is 14.0. The Morgan fingerprint density at radius 3 is 2.67 bits per heavy atom. The number of anilines is 5. The molecule has 2 aromatic carbocycles. The summed E-state index contributed by atoms with van der Waals surface area (Å²) in [5.41, 5.74) is 4.17. The minimum Gasteiger partial charge on any atom is -0.494 e. The number of nitrogens with zero attached hydrogens (tertiary/aromatic N) is 4. The Morgan fingerprint density at radius 2 is 1.95 bits per heavy atom. The van der Waals surface area contributed by atoms with E-state index in [9.17, 15) is 4.79 Å². The van der Waals surface area contributed by atoms with Gasteiger partial charge >= 0.3 is 0 Å².